The highest BCUT2D eigenvalue weighted by molar-refractivity contribution is 5.72. The van der Waals surface area contributed by atoms with E-state index in [2.05, 4.69) is 25.6 Å². The van der Waals surface area contributed by atoms with Crippen LogP contribution in [0.4, 0.5) is 30.6 Å². The van der Waals surface area contributed by atoms with Crippen LogP contribution in [-0.4, -0.2) is 32.6 Å². The number of rotatable bonds is 6. The Labute approximate surface area is 150 Å². The zero-order valence-corrected chi connectivity index (χ0v) is 13.6. The molecular formula is C17H12F3N5O2. The van der Waals surface area contributed by atoms with Gasteiger partial charge in [0.15, 0.2) is 11.6 Å². The molecular weight excluding hydrogens is 363 g/mol. The molecule has 0 amide bonds. The number of aliphatic carboxylic acids is 1. The molecule has 3 rings (SSSR count). The summed E-state index contributed by atoms with van der Waals surface area (Å²) in [5.74, 6) is -4.63. The number of aromatic nitrogens is 3. The Morgan fingerprint density at radius 1 is 1.04 bits per heavy atom. The Morgan fingerprint density at radius 3 is 2.41 bits per heavy atom. The van der Waals surface area contributed by atoms with Gasteiger partial charge in [-0.25, -0.2) is 18.2 Å². The van der Waals surface area contributed by atoms with Gasteiger partial charge in [-0.15, -0.1) is 0 Å². The van der Waals surface area contributed by atoms with Crippen molar-refractivity contribution in [2.45, 2.75) is 0 Å². The minimum absolute atomic E-state index is 0.0389. The Bertz CT molecular complexity index is 963. The molecule has 0 unspecified atom stereocenters. The zero-order chi connectivity index (χ0) is 19.4. The molecule has 0 fully saturated rings. The minimum atomic E-state index is -1.15. The van der Waals surface area contributed by atoms with Gasteiger partial charge >= 0.3 is 5.97 Å². The third-order valence-corrected chi connectivity index (χ3v) is 3.31. The molecule has 10 heteroatoms. The first-order valence-electron chi connectivity index (χ1n) is 7.60. The molecule has 3 N–H and O–H groups in total. The van der Waals surface area contributed by atoms with Crippen molar-refractivity contribution in [3.63, 3.8) is 0 Å². The van der Waals surface area contributed by atoms with Gasteiger partial charge in [0.05, 0.1) is 11.4 Å². The molecule has 0 radical (unpaired) electrons. The first kappa shape index (κ1) is 18.1. The highest BCUT2D eigenvalue weighted by atomic mass is 19.1. The lowest BCUT2D eigenvalue weighted by Gasteiger charge is -2.11. The van der Waals surface area contributed by atoms with E-state index in [0.29, 0.717) is 17.8 Å². The predicted octanol–water partition coefficient (Wildman–Crippen LogP) is 3.20. The molecule has 3 aromatic rings. The van der Waals surface area contributed by atoms with Crippen LogP contribution >= 0.6 is 0 Å². The molecule has 7 nitrogen and oxygen atoms in total. The molecule has 0 spiro atoms. The van der Waals surface area contributed by atoms with E-state index in [-0.39, 0.29) is 17.5 Å². The molecule has 0 aliphatic rings. The number of nitrogens with zero attached hydrogens (tertiary/aromatic N) is 3. The van der Waals surface area contributed by atoms with Crippen LogP contribution in [0.15, 0.2) is 42.6 Å². The van der Waals surface area contributed by atoms with Crippen molar-refractivity contribution in [3.05, 3.63) is 60.0 Å². The van der Waals surface area contributed by atoms with Crippen LogP contribution in [0.3, 0.4) is 0 Å². The van der Waals surface area contributed by atoms with Gasteiger partial charge in [0.1, 0.15) is 23.9 Å². The van der Waals surface area contributed by atoms with Crippen molar-refractivity contribution in [3.8, 4) is 11.4 Å². The minimum Gasteiger partial charge on any atom is -0.480 e. The van der Waals surface area contributed by atoms with E-state index in [9.17, 15) is 18.0 Å². The Balaban J connectivity index is 2.01. The quantitative estimate of drug-likeness (QED) is 0.608. The zero-order valence-electron chi connectivity index (χ0n) is 13.6. The van der Waals surface area contributed by atoms with Gasteiger partial charge in [0, 0.05) is 24.4 Å². The van der Waals surface area contributed by atoms with Gasteiger partial charge in [-0.1, -0.05) is 6.07 Å². The number of pyridine rings is 1. The van der Waals surface area contributed by atoms with Crippen molar-refractivity contribution in [1.29, 1.82) is 0 Å². The highest BCUT2D eigenvalue weighted by Crippen LogP contribution is 2.26. The molecule has 0 aliphatic carbocycles. The SMILES string of the molecule is O=C(O)CNc1nc(Nc2c(F)cc(F)cc2F)cc(-c2ccccn2)n1. The first-order valence-corrected chi connectivity index (χ1v) is 7.60. The molecule has 2 heterocycles. The van der Waals surface area contributed by atoms with E-state index in [1.807, 2.05) is 0 Å². The predicted molar refractivity (Wildman–Crippen MR) is 91.0 cm³/mol. The molecule has 27 heavy (non-hydrogen) atoms. The summed E-state index contributed by atoms with van der Waals surface area (Å²) in [5.41, 5.74) is 0.108. The summed E-state index contributed by atoms with van der Waals surface area (Å²) in [6.45, 7) is -0.468. The lowest BCUT2D eigenvalue weighted by molar-refractivity contribution is -0.134. The van der Waals surface area contributed by atoms with Crippen LogP contribution in [0.5, 0.6) is 0 Å². The summed E-state index contributed by atoms with van der Waals surface area (Å²) in [6.07, 6.45) is 1.52. The lowest BCUT2D eigenvalue weighted by atomic mass is 10.2. The van der Waals surface area contributed by atoms with Gasteiger partial charge in [0.25, 0.3) is 0 Å². The van der Waals surface area contributed by atoms with Crippen molar-refractivity contribution in [1.82, 2.24) is 15.0 Å². The number of carboxylic acids is 1. The Kier molecular flexibility index (Phi) is 5.15. The van der Waals surface area contributed by atoms with Crippen LogP contribution in [0.25, 0.3) is 11.4 Å². The maximum Gasteiger partial charge on any atom is 0.322 e. The summed E-state index contributed by atoms with van der Waals surface area (Å²) in [5, 5.41) is 13.7. The summed E-state index contributed by atoms with van der Waals surface area (Å²) >= 11 is 0. The normalized spacial score (nSPS) is 10.5. The Morgan fingerprint density at radius 2 is 1.78 bits per heavy atom. The number of carboxylic acid groups (broad SMARTS) is 1. The molecule has 0 bridgehead atoms. The fraction of sp³-hybridized carbons (Fsp3) is 0.0588. The number of anilines is 3. The largest absolute Gasteiger partial charge is 0.480 e. The second-order valence-corrected chi connectivity index (χ2v) is 5.29. The maximum absolute atomic E-state index is 13.9. The number of hydrogen-bond acceptors (Lipinski definition) is 6. The van der Waals surface area contributed by atoms with E-state index in [1.54, 1.807) is 18.2 Å². The van der Waals surface area contributed by atoms with E-state index < -0.39 is 35.7 Å². The van der Waals surface area contributed by atoms with Crippen LogP contribution in [-0.2, 0) is 4.79 Å². The summed E-state index contributed by atoms with van der Waals surface area (Å²) in [6, 6.07) is 7.46. The van der Waals surface area contributed by atoms with Crippen molar-refractivity contribution < 1.29 is 23.1 Å². The third-order valence-electron chi connectivity index (χ3n) is 3.31. The van der Waals surface area contributed by atoms with Gasteiger partial charge in [0.2, 0.25) is 5.95 Å². The average Bonchev–Trinajstić information content (AvgIpc) is 2.63. The van der Waals surface area contributed by atoms with Crippen LogP contribution in [0.1, 0.15) is 0 Å². The fourth-order valence-corrected chi connectivity index (χ4v) is 2.18. The molecule has 0 saturated carbocycles. The molecule has 0 aliphatic heterocycles. The van der Waals surface area contributed by atoms with Crippen LogP contribution in [0.2, 0.25) is 0 Å². The van der Waals surface area contributed by atoms with Crippen LogP contribution in [0, 0.1) is 17.5 Å². The van der Waals surface area contributed by atoms with Crippen LogP contribution < -0.4 is 10.6 Å². The summed E-state index contributed by atoms with van der Waals surface area (Å²) < 4.78 is 40.8. The topological polar surface area (TPSA) is 100 Å². The van der Waals surface area contributed by atoms with E-state index in [0.717, 1.165) is 0 Å². The van der Waals surface area contributed by atoms with Gasteiger partial charge in [-0.2, -0.15) is 4.98 Å². The molecule has 1 aromatic carbocycles. The maximum atomic E-state index is 13.9. The lowest BCUT2D eigenvalue weighted by Crippen LogP contribution is -2.15. The van der Waals surface area contributed by atoms with Crippen molar-refractivity contribution in [2.24, 2.45) is 0 Å². The van der Waals surface area contributed by atoms with Gasteiger partial charge < -0.3 is 15.7 Å². The van der Waals surface area contributed by atoms with Crippen molar-refractivity contribution in [2.75, 3.05) is 17.2 Å². The summed E-state index contributed by atoms with van der Waals surface area (Å²) in [7, 11) is 0. The number of nitrogens with one attached hydrogen (secondary N) is 2. The van der Waals surface area contributed by atoms with Crippen molar-refractivity contribution >= 4 is 23.4 Å². The summed E-state index contributed by atoms with van der Waals surface area (Å²) in [4.78, 5) is 23.0. The number of benzene rings is 1. The molecule has 138 valence electrons. The van der Waals surface area contributed by atoms with E-state index in [1.165, 1.54) is 12.3 Å². The number of carbonyl (C=O) groups is 1. The van der Waals surface area contributed by atoms with Gasteiger partial charge in [-0.05, 0) is 12.1 Å². The first-order chi connectivity index (χ1) is 12.9. The smallest absolute Gasteiger partial charge is 0.322 e. The second-order valence-electron chi connectivity index (χ2n) is 5.29. The molecule has 0 atom stereocenters. The van der Waals surface area contributed by atoms with E-state index in [4.69, 9.17) is 5.11 Å². The standard InChI is InChI=1S/C17H12F3N5O2/c18-9-5-10(19)16(11(20)6-9)24-14-7-13(12-3-1-2-4-21-12)23-17(25-14)22-8-15(26)27/h1-7H,8H2,(H,26,27)(H2,22,23,24,25). The third kappa shape index (κ3) is 4.48. The number of halogens is 3. The monoisotopic (exact) mass is 375 g/mol. The molecule has 0 saturated heterocycles. The second kappa shape index (κ2) is 7.68. The fourth-order valence-electron chi connectivity index (χ4n) is 2.18. The van der Waals surface area contributed by atoms with Gasteiger partial charge in [-0.3, -0.25) is 9.78 Å². The Hall–Kier alpha value is -3.69. The molecule has 2 aromatic heterocycles. The highest BCUT2D eigenvalue weighted by Gasteiger charge is 2.15. The number of hydrogen-bond donors (Lipinski definition) is 3. The average molecular weight is 375 g/mol. The van der Waals surface area contributed by atoms with E-state index >= 15 is 0 Å².